The number of nitrogens with one attached hydrogen (secondary N) is 1. The fourth-order valence-electron chi connectivity index (χ4n) is 3.37. The number of nitrogens with two attached hydrogens (primary N) is 1. The second-order valence-corrected chi connectivity index (χ2v) is 6.80. The van der Waals surface area contributed by atoms with Gasteiger partial charge in [-0.15, -0.1) is 0 Å². The molecule has 2 aromatic rings. The number of anilines is 1. The van der Waals surface area contributed by atoms with Gasteiger partial charge in [0.2, 0.25) is 11.8 Å². The predicted octanol–water partition coefficient (Wildman–Crippen LogP) is 2.19. The van der Waals surface area contributed by atoms with Crippen molar-refractivity contribution in [2.75, 3.05) is 26.1 Å². The van der Waals surface area contributed by atoms with E-state index in [1.807, 2.05) is 19.1 Å². The first kappa shape index (κ1) is 19.7. The Morgan fingerprint density at radius 1 is 1.07 bits per heavy atom. The first-order valence-corrected chi connectivity index (χ1v) is 9.11. The molecular weight excluding hydrogens is 358 g/mol. The van der Waals surface area contributed by atoms with Crippen molar-refractivity contribution in [1.29, 1.82) is 0 Å². The highest BCUT2D eigenvalue weighted by Crippen LogP contribution is 2.33. The molecule has 0 radical (unpaired) electrons. The highest BCUT2D eigenvalue weighted by molar-refractivity contribution is 5.96. The minimum atomic E-state index is -0.495. The van der Waals surface area contributed by atoms with Gasteiger partial charge in [-0.25, -0.2) is 0 Å². The third-order valence-electron chi connectivity index (χ3n) is 5.11. The Morgan fingerprint density at radius 2 is 1.68 bits per heavy atom. The van der Waals surface area contributed by atoms with Gasteiger partial charge in [0.05, 0.1) is 20.3 Å². The molecule has 1 aliphatic heterocycles. The normalized spacial score (nSPS) is 14.7. The highest BCUT2D eigenvalue weighted by atomic mass is 16.5. The van der Waals surface area contributed by atoms with Crippen molar-refractivity contribution in [3.63, 3.8) is 0 Å². The van der Waals surface area contributed by atoms with Crippen molar-refractivity contribution in [2.24, 2.45) is 5.73 Å². The largest absolute Gasteiger partial charge is 0.493 e. The number of nitrogens with zero attached hydrogens (tertiary/aromatic N) is 1. The van der Waals surface area contributed by atoms with E-state index in [0.717, 1.165) is 24.3 Å². The SMILES string of the molecule is COc1cc2c(cc1OC)CN([C@H](C)C(=O)Nc1ccc(C(N)=O)cc1)CC2. The molecule has 0 bridgehead atoms. The molecular formula is C21H25N3O4. The maximum Gasteiger partial charge on any atom is 0.248 e. The maximum absolute atomic E-state index is 12.7. The summed E-state index contributed by atoms with van der Waals surface area (Å²) in [7, 11) is 3.24. The second-order valence-electron chi connectivity index (χ2n) is 6.80. The Hall–Kier alpha value is -3.06. The van der Waals surface area contributed by atoms with Crippen LogP contribution in [0, 0.1) is 0 Å². The van der Waals surface area contributed by atoms with Crippen molar-refractivity contribution >= 4 is 17.5 Å². The van der Waals surface area contributed by atoms with Crippen LogP contribution in [-0.4, -0.2) is 43.5 Å². The number of hydrogen-bond donors (Lipinski definition) is 2. The standard InChI is InChI=1S/C21H25N3O4/c1-13(21(26)23-17-6-4-14(5-7-17)20(22)25)24-9-8-15-10-18(27-2)19(28-3)11-16(15)12-24/h4-7,10-11,13H,8-9,12H2,1-3H3,(H2,22,25)(H,23,26)/t13-/m1/s1. The first-order valence-electron chi connectivity index (χ1n) is 9.11. The number of carbonyl (C=O) groups is 2. The second kappa shape index (κ2) is 8.31. The maximum atomic E-state index is 12.7. The van der Waals surface area contributed by atoms with E-state index in [0.29, 0.717) is 23.5 Å². The van der Waals surface area contributed by atoms with Gasteiger partial charge in [-0.3, -0.25) is 14.5 Å². The Morgan fingerprint density at radius 3 is 2.25 bits per heavy atom. The number of amides is 2. The van der Waals surface area contributed by atoms with E-state index in [1.165, 1.54) is 5.56 Å². The minimum Gasteiger partial charge on any atom is -0.493 e. The Kier molecular flexibility index (Phi) is 5.84. The summed E-state index contributed by atoms with van der Waals surface area (Å²) in [5, 5.41) is 2.89. The molecule has 0 aromatic heterocycles. The molecule has 7 heteroatoms. The van der Waals surface area contributed by atoms with Crippen LogP contribution in [0.25, 0.3) is 0 Å². The molecule has 0 spiro atoms. The molecule has 1 atom stereocenters. The van der Waals surface area contributed by atoms with E-state index < -0.39 is 5.91 Å². The molecule has 1 heterocycles. The van der Waals surface area contributed by atoms with Crippen LogP contribution in [0.15, 0.2) is 36.4 Å². The third kappa shape index (κ3) is 4.09. The van der Waals surface area contributed by atoms with E-state index in [-0.39, 0.29) is 11.9 Å². The van der Waals surface area contributed by atoms with E-state index in [4.69, 9.17) is 15.2 Å². The van der Waals surface area contributed by atoms with Crippen molar-refractivity contribution < 1.29 is 19.1 Å². The van der Waals surface area contributed by atoms with Gasteiger partial charge in [-0.1, -0.05) is 0 Å². The zero-order valence-electron chi connectivity index (χ0n) is 16.3. The fourth-order valence-corrected chi connectivity index (χ4v) is 3.37. The van der Waals surface area contributed by atoms with Gasteiger partial charge in [0.25, 0.3) is 0 Å². The van der Waals surface area contributed by atoms with Gasteiger partial charge in [0.15, 0.2) is 11.5 Å². The average molecular weight is 383 g/mol. The van der Waals surface area contributed by atoms with Crippen molar-refractivity contribution in [1.82, 2.24) is 4.90 Å². The Labute approximate surface area is 164 Å². The Bertz CT molecular complexity index is 880. The van der Waals surface area contributed by atoms with Gasteiger partial charge in [-0.05, 0) is 60.9 Å². The molecule has 2 amide bonds. The molecule has 0 saturated carbocycles. The van der Waals surface area contributed by atoms with Crippen LogP contribution in [0.2, 0.25) is 0 Å². The molecule has 3 N–H and O–H groups in total. The number of hydrogen-bond acceptors (Lipinski definition) is 5. The highest BCUT2D eigenvalue weighted by Gasteiger charge is 2.26. The summed E-state index contributed by atoms with van der Waals surface area (Å²) in [6.07, 6.45) is 0.834. The lowest BCUT2D eigenvalue weighted by Crippen LogP contribution is -2.44. The molecule has 2 aromatic carbocycles. The van der Waals surface area contributed by atoms with Crippen molar-refractivity contribution in [3.8, 4) is 11.5 Å². The molecule has 1 aliphatic rings. The molecule has 0 fully saturated rings. The number of ether oxygens (including phenoxy) is 2. The van der Waals surface area contributed by atoms with Crippen LogP contribution in [0.3, 0.4) is 0 Å². The molecule has 148 valence electrons. The zero-order chi connectivity index (χ0) is 20.3. The van der Waals surface area contributed by atoms with E-state index in [9.17, 15) is 9.59 Å². The van der Waals surface area contributed by atoms with Gasteiger partial charge < -0.3 is 20.5 Å². The monoisotopic (exact) mass is 383 g/mol. The summed E-state index contributed by atoms with van der Waals surface area (Å²) in [5.74, 6) is 0.815. The first-order chi connectivity index (χ1) is 13.4. The summed E-state index contributed by atoms with van der Waals surface area (Å²) in [5.41, 5.74) is 8.62. The average Bonchev–Trinajstić information content (AvgIpc) is 2.71. The summed E-state index contributed by atoms with van der Waals surface area (Å²) in [6.45, 7) is 3.32. The van der Waals surface area contributed by atoms with Gasteiger partial charge in [0, 0.05) is 24.3 Å². The van der Waals surface area contributed by atoms with Crippen LogP contribution < -0.4 is 20.5 Å². The Balaban J connectivity index is 1.68. The summed E-state index contributed by atoms with van der Waals surface area (Å²) >= 11 is 0. The molecule has 0 saturated heterocycles. The van der Waals surface area contributed by atoms with Gasteiger partial charge in [0.1, 0.15) is 0 Å². The number of methoxy groups -OCH3 is 2. The van der Waals surface area contributed by atoms with Crippen LogP contribution in [-0.2, 0) is 17.8 Å². The summed E-state index contributed by atoms with van der Waals surface area (Å²) < 4.78 is 10.8. The predicted molar refractivity (Wildman–Crippen MR) is 107 cm³/mol. The molecule has 28 heavy (non-hydrogen) atoms. The van der Waals surface area contributed by atoms with Gasteiger partial charge >= 0.3 is 0 Å². The van der Waals surface area contributed by atoms with E-state index in [1.54, 1.807) is 38.5 Å². The minimum absolute atomic E-state index is 0.101. The number of benzene rings is 2. The molecule has 0 aliphatic carbocycles. The molecule has 0 unspecified atom stereocenters. The number of primary amides is 1. The van der Waals surface area contributed by atoms with Crippen molar-refractivity contribution in [3.05, 3.63) is 53.1 Å². The summed E-state index contributed by atoms with van der Waals surface area (Å²) in [6, 6.07) is 10.2. The number of fused-ring (bicyclic) bond motifs is 1. The quantitative estimate of drug-likeness (QED) is 0.797. The van der Waals surface area contributed by atoms with Gasteiger partial charge in [-0.2, -0.15) is 0 Å². The summed E-state index contributed by atoms with van der Waals surface area (Å²) in [4.78, 5) is 26.0. The van der Waals surface area contributed by atoms with Crippen LogP contribution >= 0.6 is 0 Å². The fraction of sp³-hybridized carbons (Fsp3) is 0.333. The topological polar surface area (TPSA) is 93.9 Å². The van der Waals surface area contributed by atoms with E-state index in [2.05, 4.69) is 10.2 Å². The van der Waals surface area contributed by atoms with Crippen molar-refractivity contribution in [2.45, 2.75) is 25.9 Å². The number of rotatable bonds is 6. The van der Waals surface area contributed by atoms with Crippen LogP contribution in [0.1, 0.15) is 28.4 Å². The number of carbonyl (C=O) groups excluding carboxylic acids is 2. The lowest BCUT2D eigenvalue weighted by atomic mass is 9.97. The zero-order valence-corrected chi connectivity index (χ0v) is 16.3. The third-order valence-corrected chi connectivity index (χ3v) is 5.11. The van der Waals surface area contributed by atoms with E-state index >= 15 is 0 Å². The molecule has 3 rings (SSSR count). The van der Waals surface area contributed by atoms with Crippen LogP contribution in [0.5, 0.6) is 11.5 Å². The van der Waals surface area contributed by atoms with Crippen LogP contribution in [0.4, 0.5) is 5.69 Å². The molecule has 7 nitrogen and oxygen atoms in total. The smallest absolute Gasteiger partial charge is 0.248 e. The lowest BCUT2D eigenvalue weighted by molar-refractivity contribution is -0.121. The lowest BCUT2D eigenvalue weighted by Gasteiger charge is -2.33.